The Morgan fingerprint density at radius 2 is 2.00 bits per heavy atom. The fourth-order valence-corrected chi connectivity index (χ4v) is 4.73. The van der Waals surface area contributed by atoms with Crippen LogP contribution in [0.25, 0.3) is 0 Å². The van der Waals surface area contributed by atoms with E-state index in [9.17, 15) is 13.2 Å². The molecular formula is C19H28N4O3S. The molecule has 1 saturated heterocycles. The van der Waals surface area contributed by atoms with Crippen LogP contribution in [-0.2, 0) is 14.8 Å². The predicted octanol–water partition coefficient (Wildman–Crippen LogP) is 0.483. The number of nitrogens with one attached hydrogen (secondary N) is 2. The van der Waals surface area contributed by atoms with Crippen molar-refractivity contribution in [1.29, 1.82) is 0 Å². The van der Waals surface area contributed by atoms with Gasteiger partial charge in [0.15, 0.2) is 0 Å². The fraction of sp³-hybridized carbons (Fsp3) is 0.526. The smallest absolute Gasteiger partial charge is 0.236 e. The minimum Gasteiger partial charge on any atom is -0.369 e. The van der Waals surface area contributed by atoms with Crippen LogP contribution in [0.3, 0.4) is 0 Å². The highest BCUT2D eigenvalue weighted by Crippen LogP contribution is 2.19. The third-order valence-electron chi connectivity index (χ3n) is 4.98. The van der Waals surface area contributed by atoms with Gasteiger partial charge >= 0.3 is 0 Å². The third kappa shape index (κ3) is 5.54. The molecule has 0 bridgehead atoms. The summed E-state index contributed by atoms with van der Waals surface area (Å²) in [7, 11) is -3.59. The Morgan fingerprint density at radius 3 is 2.67 bits per heavy atom. The van der Waals surface area contributed by atoms with Gasteiger partial charge in [0.2, 0.25) is 15.9 Å². The maximum Gasteiger partial charge on any atom is 0.236 e. The van der Waals surface area contributed by atoms with E-state index in [4.69, 9.17) is 0 Å². The van der Waals surface area contributed by atoms with Crippen LogP contribution in [0.1, 0.15) is 12.0 Å². The van der Waals surface area contributed by atoms with Gasteiger partial charge in [-0.25, -0.2) is 8.42 Å². The van der Waals surface area contributed by atoms with E-state index in [2.05, 4.69) is 21.6 Å². The number of rotatable bonds is 6. The van der Waals surface area contributed by atoms with Crippen LogP contribution < -0.4 is 15.5 Å². The third-order valence-corrected chi connectivity index (χ3v) is 6.76. The number of amides is 1. The summed E-state index contributed by atoms with van der Waals surface area (Å²) in [4.78, 5) is 14.3. The van der Waals surface area contributed by atoms with E-state index in [0.717, 1.165) is 30.8 Å². The van der Waals surface area contributed by atoms with Crippen LogP contribution >= 0.6 is 0 Å². The Labute approximate surface area is 161 Å². The Hall–Kier alpha value is -1.90. The minimum absolute atomic E-state index is 0.403. The van der Waals surface area contributed by atoms with Crippen molar-refractivity contribution in [3.63, 3.8) is 0 Å². The molecule has 8 heteroatoms. The summed E-state index contributed by atoms with van der Waals surface area (Å²) in [6, 6.07) is 8.20. The van der Waals surface area contributed by atoms with E-state index in [-0.39, 0.29) is 0 Å². The quantitative estimate of drug-likeness (QED) is 0.689. The number of nitrogens with zero attached hydrogens (tertiary/aromatic N) is 2. The van der Waals surface area contributed by atoms with Gasteiger partial charge in [-0.15, -0.1) is 0 Å². The Kier molecular flexibility index (Phi) is 6.51. The molecule has 2 aliphatic rings. The highest BCUT2D eigenvalue weighted by atomic mass is 32.2. The van der Waals surface area contributed by atoms with Crippen LogP contribution in [0.15, 0.2) is 35.9 Å². The number of sulfonamides is 1. The Balaban J connectivity index is 1.49. The van der Waals surface area contributed by atoms with Crippen LogP contribution in [0.4, 0.5) is 5.69 Å². The average Bonchev–Trinajstić information content (AvgIpc) is 2.67. The minimum atomic E-state index is -3.59. The van der Waals surface area contributed by atoms with Gasteiger partial charge in [0.25, 0.3) is 0 Å². The summed E-state index contributed by atoms with van der Waals surface area (Å²) in [6.45, 7) is 6.23. The lowest BCUT2D eigenvalue weighted by Crippen LogP contribution is -2.50. The molecule has 0 atom stereocenters. The van der Waals surface area contributed by atoms with Crippen molar-refractivity contribution in [3.05, 3.63) is 41.5 Å². The van der Waals surface area contributed by atoms with Gasteiger partial charge in [0, 0.05) is 45.0 Å². The molecule has 1 fully saturated rings. The molecule has 0 aromatic heterocycles. The van der Waals surface area contributed by atoms with E-state index in [0.29, 0.717) is 32.7 Å². The van der Waals surface area contributed by atoms with Crippen molar-refractivity contribution >= 4 is 21.6 Å². The van der Waals surface area contributed by atoms with Crippen LogP contribution in [-0.4, -0.2) is 70.2 Å². The first-order chi connectivity index (χ1) is 12.9. The summed E-state index contributed by atoms with van der Waals surface area (Å²) < 4.78 is 26.6. The maximum atomic E-state index is 12.6. The van der Waals surface area contributed by atoms with Gasteiger partial charge in [-0.05, 0) is 37.6 Å². The number of carbonyl (C=O) groups excluding carboxylic acids is 1. The first-order valence-electron chi connectivity index (χ1n) is 9.39. The SMILES string of the molecule is Cc1cccc(N2CCN(S(=O)(=O)CC(=O)NCC3=CCNCC3)CC2)c1. The molecule has 7 nitrogen and oxygen atoms in total. The Bertz CT molecular complexity index is 799. The molecule has 0 saturated carbocycles. The second-order valence-corrected chi connectivity index (χ2v) is 9.04. The van der Waals surface area contributed by atoms with Crippen molar-refractivity contribution in [2.45, 2.75) is 13.3 Å². The summed E-state index contributed by atoms with van der Waals surface area (Å²) in [5.41, 5.74) is 3.44. The second kappa shape index (κ2) is 8.86. The molecule has 1 aromatic carbocycles. The van der Waals surface area contributed by atoms with Gasteiger partial charge in [0.05, 0.1) is 0 Å². The summed E-state index contributed by atoms with van der Waals surface area (Å²) in [5.74, 6) is -0.918. The fourth-order valence-electron chi connectivity index (χ4n) is 3.40. The zero-order valence-electron chi connectivity index (χ0n) is 15.8. The average molecular weight is 393 g/mol. The lowest BCUT2D eigenvalue weighted by Gasteiger charge is -2.35. The molecular weight excluding hydrogens is 364 g/mol. The molecule has 0 radical (unpaired) electrons. The van der Waals surface area contributed by atoms with Gasteiger partial charge < -0.3 is 15.5 Å². The molecule has 3 rings (SSSR count). The van der Waals surface area contributed by atoms with Crippen molar-refractivity contribution < 1.29 is 13.2 Å². The van der Waals surface area contributed by atoms with Gasteiger partial charge in [-0.3, -0.25) is 4.79 Å². The molecule has 0 unspecified atom stereocenters. The summed E-state index contributed by atoms with van der Waals surface area (Å²) >= 11 is 0. The zero-order chi connectivity index (χ0) is 19.3. The molecule has 0 spiro atoms. The monoisotopic (exact) mass is 392 g/mol. The normalized spacial score (nSPS) is 18.9. The van der Waals surface area contributed by atoms with Crippen molar-refractivity contribution in [2.24, 2.45) is 0 Å². The molecule has 2 aliphatic heterocycles. The lowest BCUT2D eigenvalue weighted by atomic mass is 10.1. The topological polar surface area (TPSA) is 81.8 Å². The number of carbonyl (C=O) groups is 1. The van der Waals surface area contributed by atoms with E-state index >= 15 is 0 Å². The van der Waals surface area contributed by atoms with E-state index in [1.165, 1.54) is 9.87 Å². The highest BCUT2D eigenvalue weighted by Gasteiger charge is 2.29. The first-order valence-corrected chi connectivity index (χ1v) is 11.0. The first kappa shape index (κ1) is 19.9. The highest BCUT2D eigenvalue weighted by molar-refractivity contribution is 7.89. The molecule has 2 N–H and O–H groups in total. The predicted molar refractivity (Wildman–Crippen MR) is 107 cm³/mol. The van der Waals surface area contributed by atoms with Crippen LogP contribution in [0, 0.1) is 6.92 Å². The number of hydrogen-bond donors (Lipinski definition) is 2. The number of benzene rings is 1. The number of piperazine rings is 1. The molecule has 0 aliphatic carbocycles. The number of hydrogen-bond acceptors (Lipinski definition) is 5. The zero-order valence-corrected chi connectivity index (χ0v) is 16.6. The molecule has 2 heterocycles. The molecule has 27 heavy (non-hydrogen) atoms. The van der Waals surface area contributed by atoms with Gasteiger partial charge in [-0.2, -0.15) is 4.31 Å². The standard InChI is InChI=1S/C19H28N4O3S/c1-16-3-2-4-18(13-16)22-9-11-23(12-10-22)27(25,26)15-19(24)21-14-17-5-7-20-8-6-17/h2-5,13,20H,6-12,14-15H2,1H3,(H,21,24). The Morgan fingerprint density at radius 1 is 1.22 bits per heavy atom. The van der Waals surface area contributed by atoms with E-state index in [1.54, 1.807) is 0 Å². The van der Waals surface area contributed by atoms with Crippen molar-refractivity contribution in [2.75, 3.05) is 56.5 Å². The van der Waals surface area contributed by atoms with Crippen molar-refractivity contribution in [3.8, 4) is 0 Å². The van der Waals surface area contributed by atoms with Gasteiger partial charge in [0.1, 0.15) is 5.75 Å². The van der Waals surface area contributed by atoms with Gasteiger partial charge in [-0.1, -0.05) is 23.8 Å². The second-order valence-electron chi connectivity index (χ2n) is 7.07. The molecule has 1 aromatic rings. The van der Waals surface area contributed by atoms with E-state index < -0.39 is 21.7 Å². The molecule has 148 valence electrons. The number of anilines is 1. The van der Waals surface area contributed by atoms with Crippen LogP contribution in [0.5, 0.6) is 0 Å². The summed E-state index contributed by atoms with van der Waals surface area (Å²) in [6.07, 6.45) is 2.93. The summed E-state index contributed by atoms with van der Waals surface area (Å²) in [5, 5.41) is 5.94. The van der Waals surface area contributed by atoms with Crippen LogP contribution in [0.2, 0.25) is 0 Å². The largest absolute Gasteiger partial charge is 0.369 e. The van der Waals surface area contributed by atoms with E-state index in [1.807, 2.05) is 31.2 Å². The number of aryl methyl sites for hydroxylation is 1. The molecule has 1 amide bonds. The maximum absolute atomic E-state index is 12.6. The lowest BCUT2D eigenvalue weighted by molar-refractivity contribution is -0.118. The van der Waals surface area contributed by atoms with Crippen molar-refractivity contribution in [1.82, 2.24) is 14.9 Å².